The molecule has 0 saturated heterocycles. The Bertz CT molecular complexity index is 920. The van der Waals surface area contributed by atoms with Crippen LogP contribution in [0.15, 0.2) is 39.4 Å². The van der Waals surface area contributed by atoms with Crippen molar-refractivity contribution >= 4 is 37.1 Å². The van der Waals surface area contributed by atoms with Crippen LogP contribution in [0.2, 0.25) is 0 Å². The predicted molar refractivity (Wildman–Crippen MR) is 87.1 cm³/mol. The maximum Gasteiger partial charge on any atom is 0.271 e. The lowest BCUT2D eigenvalue weighted by Crippen LogP contribution is -2.25. The number of sulfonamides is 2. The third-order valence-electron chi connectivity index (χ3n) is 2.79. The molecule has 10 heteroatoms. The van der Waals surface area contributed by atoms with Gasteiger partial charge in [-0.05, 0) is 37.3 Å². The van der Waals surface area contributed by atoms with Crippen LogP contribution in [0.5, 0.6) is 0 Å². The molecule has 1 aromatic carbocycles. The van der Waals surface area contributed by atoms with E-state index in [1.807, 2.05) is 0 Å². The van der Waals surface area contributed by atoms with E-state index >= 15 is 0 Å². The summed E-state index contributed by atoms with van der Waals surface area (Å²) in [5.74, 6) is -0.781. The molecule has 0 bridgehead atoms. The molecule has 2 aromatic rings. The van der Waals surface area contributed by atoms with Gasteiger partial charge in [0.15, 0.2) is 0 Å². The minimum Gasteiger partial charge on any atom is -0.278 e. The number of nitrogens with one attached hydrogen (secondary N) is 2. The molecule has 0 radical (unpaired) electrons. The van der Waals surface area contributed by atoms with Gasteiger partial charge in [-0.15, -0.1) is 11.3 Å². The highest BCUT2D eigenvalue weighted by molar-refractivity contribution is 7.95. The highest BCUT2D eigenvalue weighted by Gasteiger charge is 2.23. The molecule has 1 heterocycles. The number of benzene rings is 1. The van der Waals surface area contributed by atoms with Crippen molar-refractivity contribution in [2.24, 2.45) is 0 Å². The Labute approximate surface area is 138 Å². The molecule has 23 heavy (non-hydrogen) atoms. The van der Waals surface area contributed by atoms with Gasteiger partial charge in [-0.3, -0.25) is 4.72 Å². The zero-order valence-electron chi connectivity index (χ0n) is 12.3. The summed E-state index contributed by atoms with van der Waals surface area (Å²) in [5.41, 5.74) is -0.210. The number of hydrogen-bond donors (Lipinski definition) is 2. The highest BCUT2D eigenvalue weighted by atomic mass is 32.2. The van der Waals surface area contributed by atoms with Gasteiger partial charge in [0.05, 0.1) is 5.69 Å². The Morgan fingerprint density at radius 1 is 1.09 bits per heavy atom. The van der Waals surface area contributed by atoms with Crippen molar-refractivity contribution in [2.45, 2.75) is 23.0 Å². The third-order valence-corrected chi connectivity index (χ3v) is 7.24. The molecule has 1 aromatic heterocycles. The number of anilines is 1. The zero-order valence-corrected chi connectivity index (χ0v) is 14.8. The minimum atomic E-state index is -4.03. The molecule has 0 unspecified atom stereocenters. The van der Waals surface area contributed by atoms with E-state index in [4.69, 9.17) is 0 Å². The topological polar surface area (TPSA) is 92.3 Å². The van der Waals surface area contributed by atoms with E-state index in [0.29, 0.717) is 0 Å². The number of aryl methyl sites for hydroxylation is 1. The monoisotopic (exact) mass is 378 g/mol. The standard InChI is InChI=1S/C13H15FN2O4S3/c1-3-15-22(17,18)12-8-10(14)5-6-11(12)16-23(19,20)13-7-4-9(2)21-13/h4-8,15-16H,3H2,1-2H3. The first-order chi connectivity index (χ1) is 10.7. The lowest BCUT2D eigenvalue weighted by atomic mass is 10.3. The Morgan fingerprint density at radius 3 is 2.35 bits per heavy atom. The maximum atomic E-state index is 13.4. The van der Waals surface area contributed by atoms with Crippen molar-refractivity contribution in [2.75, 3.05) is 11.3 Å². The van der Waals surface area contributed by atoms with Crippen LogP contribution in [0.3, 0.4) is 0 Å². The van der Waals surface area contributed by atoms with E-state index in [9.17, 15) is 21.2 Å². The van der Waals surface area contributed by atoms with Crippen molar-refractivity contribution in [3.05, 3.63) is 41.0 Å². The van der Waals surface area contributed by atoms with Gasteiger partial charge in [-0.25, -0.2) is 25.9 Å². The summed E-state index contributed by atoms with van der Waals surface area (Å²) in [6.45, 7) is 3.41. The first-order valence-electron chi connectivity index (χ1n) is 6.54. The molecule has 0 aliphatic carbocycles. The maximum absolute atomic E-state index is 13.4. The van der Waals surface area contributed by atoms with Crippen molar-refractivity contribution in [1.29, 1.82) is 0 Å². The minimum absolute atomic E-state index is 0.0473. The second-order valence-electron chi connectivity index (χ2n) is 4.61. The Balaban J connectivity index is 2.49. The van der Waals surface area contributed by atoms with E-state index in [1.165, 1.54) is 6.07 Å². The molecule has 0 fully saturated rings. The molecule has 0 atom stereocenters. The fourth-order valence-corrected chi connectivity index (χ4v) is 5.46. The first-order valence-corrected chi connectivity index (χ1v) is 10.3. The van der Waals surface area contributed by atoms with Crippen LogP contribution in [0.1, 0.15) is 11.8 Å². The van der Waals surface area contributed by atoms with E-state index in [1.54, 1.807) is 19.9 Å². The Kier molecular flexibility index (Phi) is 5.09. The van der Waals surface area contributed by atoms with Crippen LogP contribution in [-0.2, 0) is 20.0 Å². The SMILES string of the molecule is CCNS(=O)(=O)c1cc(F)ccc1NS(=O)(=O)c1ccc(C)s1. The van der Waals surface area contributed by atoms with Gasteiger partial charge in [-0.1, -0.05) is 6.92 Å². The normalized spacial score (nSPS) is 12.3. The highest BCUT2D eigenvalue weighted by Crippen LogP contribution is 2.27. The molecule has 2 rings (SSSR count). The second kappa shape index (κ2) is 6.56. The van der Waals surface area contributed by atoms with Crippen LogP contribution >= 0.6 is 11.3 Å². The number of rotatable bonds is 6. The molecule has 0 spiro atoms. The van der Waals surface area contributed by atoms with Crippen molar-refractivity contribution in [1.82, 2.24) is 4.72 Å². The third kappa shape index (κ3) is 4.08. The Morgan fingerprint density at radius 2 is 1.78 bits per heavy atom. The fourth-order valence-electron chi connectivity index (χ4n) is 1.82. The van der Waals surface area contributed by atoms with Gasteiger partial charge in [0, 0.05) is 11.4 Å². The summed E-state index contributed by atoms with van der Waals surface area (Å²) in [5, 5.41) is 0. The number of hydrogen-bond acceptors (Lipinski definition) is 5. The predicted octanol–water partition coefficient (Wildman–Crippen LogP) is 2.29. The van der Waals surface area contributed by atoms with Crippen molar-refractivity contribution in [3.8, 4) is 0 Å². The molecular weight excluding hydrogens is 363 g/mol. The number of thiophene rings is 1. The summed E-state index contributed by atoms with van der Waals surface area (Å²) in [6.07, 6.45) is 0. The lowest BCUT2D eigenvalue weighted by Gasteiger charge is -2.12. The quantitative estimate of drug-likeness (QED) is 0.807. The molecule has 0 amide bonds. The summed E-state index contributed by atoms with van der Waals surface area (Å²) >= 11 is 1.05. The lowest BCUT2D eigenvalue weighted by molar-refractivity contribution is 0.580. The van der Waals surface area contributed by atoms with Crippen molar-refractivity contribution in [3.63, 3.8) is 0 Å². The molecule has 126 valence electrons. The van der Waals surface area contributed by atoms with Crippen LogP contribution < -0.4 is 9.44 Å². The molecule has 2 N–H and O–H groups in total. The molecule has 6 nitrogen and oxygen atoms in total. The average Bonchev–Trinajstić information content (AvgIpc) is 2.88. The summed E-state index contributed by atoms with van der Waals surface area (Å²) < 4.78 is 66.8. The van der Waals surface area contributed by atoms with Gasteiger partial charge in [0.1, 0.15) is 14.9 Å². The van der Waals surface area contributed by atoms with E-state index in [-0.39, 0.29) is 16.4 Å². The van der Waals surface area contributed by atoms with E-state index < -0.39 is 30.8 Å². The van der Waals surface area contributed by atoms with Crippen LogP contribution in [0, 0.1) is 12.7 Å². The molecular formula is C13H15FN2O4S3. The van der Waals surface area contributed by atoms with Crippen molar-refractivity contribution < 1.29 is 21.2 Å². The molecule has 0 saturated carbocycles. The van der Waals surface area contributed by atoms with E-state index in [2.05, 4.69) is 9.44 Å². The summed E-state index contributed by atoms with van der Waals surface area (Å²) in [4.78, 5) is 0.334. The van der Waals surface area contributed by atoms with E-state index in [0.717, 1.165) is 34.4 Å². The largest absolute Gasteiger partial charge is 0.278 e. The second-order valence-corrected chi connectivity index (χ2v) is 9.54. The van der Waals surface area contributed by atoms with Gasteiger partial charge in [0.25, 0.3) is 10.0 Å². The van der Waals surface area contributed by atoms with Gasteiger partial charge < -0.3 is 0 Å². The Hall–Kier alpha value is -1.49. The number of halogens is 1. The van der Waals surface area contributed by atoms with Crippen LogP contribution in [0.4, 0.5) is 10.1 Å². The van der Waals surface area contributed by atoms with Crippen LogP contribution in [0.25, 0.3) is 0 Å². The fraction of sp³-hybridized carbons (Fsp3) is 0.231. The molecule has 0 aliphatic heterocycles. The smallest absolute Gasteiger partial charge is 0.271 e. The van der Waals surface area contributed by atoms with Gasteiger partial charge in [-0.2, -0.15) is 0 Å². The first kappa shape index (κ1) is 17.9. The molecule has 0 aliphatic rings. The zero-order chi connectivity index (χ0) is 17.3. The van der Waals surface area contributed by atoms with Gasteiger partial charge in [0.2, 0.25) is 10.0 Å². The van der Waals surface area contributed by atoms with Crippen LogP contribution in [-0.4, -0.2) is 23.4 Å². The summed E-state index contributed by atoms with van der Waals surface area (Å²) in [6, 6.07) is 5.90. The average molecular weight is 378 g/mol. The summed E-state index contributed by atoms with van der Waals surface area (Å²) in [7, 11) is -7.98. The van der Waals surface area contributed by atoms with Gasteiger partial charge >= 0.3 is 0 Å².